The molecule has 1 aromatic heterocycles. The number of epoxide rings is 1. The third-order valence-corrected chi connectivity index (χ3v) is 2.65. The molecule has 0 spiro atoms. The lowest BCUT2D eigenvalue weighted by Gasteiger charge is -2.05. The highest BCUT2D eigenvalue weighted by atomic mass is 16.6. The number of H-pyrrole nitrogens is 1. The summed E-state index contributed by atoms with van der Waals surface area (Å²) < 4.78 is 10.9. The lowest BCUT2D eigenvalue weighted by Crippen LogP contribution is -2.00. The molecule has 15 heavy (non-hydrogen) atoms. The summed E-state index contributed by atoms with van der Waals surface area (Å²) in [6.07, 6.45) is 3.36. The second kappa shape index (κ2) is 3.59. The van der Waals surface area contributed by atoms with Crippen molar-refractivity contribution in [3.05, 3.63) is 30.5 Å². The van der Waals surface area contributed by atoms with Crippen molar-refractivity contribution in [3.8, 4) is 5.75 Å². The van der Waals surface area contributed by atoms with E-state index in [4.69, 9.17) is 9.47 Å². The second-order valence-corrected chi connectivity index (χ2v) is 3.79. The van der Waals surface area contributed by atoms with Gasteiger partial charge in [-0.15, -0.1) is 0 Å². The smallest absolute Gasteiger partial charge is 0.128 e. The Balaban J connectivity index is 1.74. The predicted octanol–water partition coefficient (Wildman–Crippen LogP) is 2.34. The van der Waals surface area contributed by atoms with Gasteiger partial charge in [0.1, 0.15) is 5.75 Å². The van der Waals surface area contributed by atoms with Crippen molar-refractivity contribution in [3.63, 3.8) is 0 Å². The van der Waals surface area contributed by atoms with Gasteiger partial charge in [-0.3, -0.25) is 0 Å². The fourth-order valence-corrected chi connectivity index (χ4v) is 1.72. The zero-order valence-electron chi connectivity index (χ0n) is 8.40. The van der Waals surface area contributed by atoms with Crippen LogP contribution in [0.5, 0.6) is 5.75 Å². The van der Waals surface area contributed by atoms with E-state index in [0.717, 1.165) is 36.3 Å². The number of rotatable bonds is 4. The Bertz CT molecular complexity index is 459. The fraction of sp³-hybridized carbons (Fsp3) is 0.333. The number of hydrogen-bond donors (Lipinski definition) is 1. The molecule has 1 saturated heterocycles. The van der Waals surface area contributed by atoms with Crippen LogP contribution in [-0.2, 0) is 4.74 Å². The summed E-state index contributed by atoms with van der Waals surface area (Å²) >= 11 is 0. The fourth-order valence-electron chi connectivity index (χ4n) is 1.72. The summed E-state index contributed by atoms with van der Waals surface area (Å²) in [6, 6.07) is 8.09. The van der Waals surface area contributed by atoms with E-state index >= 15 is 0 Å². The van der Waals surface area contributed by atoms with E-state index in [-0.39, 0.29) is 0 Å². The Labute approximate surface area is 88.0 Å². The summed E-state index contributed by atoms with van der Waals surface area (Å²) in [5.41, 5.74) is 1.12. The summed E-state index contributed by atoms with van der Waals surface area (Å²) in [4.78, 5) is 3.17. The molecule has 0 saturated carbocycles. The van der Waals surface area contributed by atoms with Gasteiger partial charge in [0.25, 0.3) is 0 Å². The molecule has 1 atom stereocenters. The standard InChI is InChI=1S/C12H13NO2/c1-2-11-10(4-6-13-11)12(3-1)14-7-5-9-8-15-9/h1-4,6,9,13H,5,7-8H2. The van der Waals surface area contributed by atoms with E-state index in [2.05, 4.69) is 4.98 Å². The Kier molecular flexibility index (Phi) is 2.10. The lowest BCUT2D eigenvalue weighted by molar-refractivity contribution is 0.285. The van der Waals surface area contributed by atoms with E-state index in [0.29, 0.717) is 6.10 Å². The number of ether oxygens (including phenoxy) is 2. The monoisotopic (exact) mass is 203 g/mol. The quantitative estimate of drug-likeness (QED) is 0.774. The third-order valence-electron chi connectivity index (χ3n) is 2.65. The van der Waals surface area contributed by atoms with Crippen LogP contribution in [0.25, 0.3) is 10.9 Å². The average Bonchev–Trinajstić information content (AvgIpc) is 2.95. The Morgan fingerprint density at radius 3 is 3.20 bits per heavy atom. The van der Waals surface area contributed by atoms with Gasteiger partial charge < -0.3 is 14.5 Å². The van der Waals surface area contributed by atoms with Crippen molar-refractivity contribution in [1.29, 1.82) is 0 Å². The molecule has 1 aromatic carbocycles. The first-order chi connectivity index (χ1) is 7.43. The zero-order chi connectivity index (χ0) is 10.1. The average molecular weight is 203 g/mol. The molecule has 1 aliphatic rings. The summed E-state index contributed by atoms with van der Waals surface area (Å²) in [7, 11) is 0. The first-order valence-corrected chi connectivity index (χ1v) is 5.24. The van der Waals surface area contributed by atoms with E-state index < -0.39 is 0 Å². The van der Waals surface area contributed by atoms with Crippen LogP contribution in [0.3, 0.4) is 0 Å². The molecule has 1 fully saturated rings. The molecule has 2 heterocycles. The SMILES string of the molecule is c1cc(OCCC2CO2)c2cc[nH]c2c1. The molecule has 0 radical (unpaired) electrons. The molecule has 3 rings (SSSR count). The number of benzene rings is 1. The first kappa shape index (κ1) is 8.80. The minimum absolute atomic E-state index is 0.440. The van der Waals surface area contributed by atoms with Crippen LogP contribution in [0, 0.1) is 0 Å². The minimum atomic E-state index is 0.440. The summed E-state index contributed by atoms with van der Waals surface area (Å²) in [6.45, 7) is 1.63. The van der Waals surface area contributed by atoms with Gasteiger partial charge in [0.15, 0.2) is 0 Å². The predicted molar refractivity (Wildman–Crippen MR) is 58.2 cm³/mol. The van der Waals surface area contributed by atoms with Gasteiger partial charge in [0.05, 0.1) is 19.3 Å². The van der Waals surface area contributed by atoms with Gasteiger partial charge in [-0.1, -0.05) is 6.07 Å². The van der Waals surface area contributed by atoms with Crippen LogP contribution < -0.4 is 4.74 Å². The van der Waals surface area contributed by atoms with Gasteiger partial charge in [-0.05, 0) is 18.2 Å². The maximum Gasteiger partial charge on any atom is 0.128 e. The highest BCUT2D eigenvalue weighted by Gasteiger charge is 2.21. The maximum atomic E-state index is 5.73. The number of hydrogen-bond acceptors (Lipinski definition) is 2. The van der Waals surface area contributed by atoms with Gasteiger partial charge in [0.2, 0.25) is 0 Å². The zero-order valence-corrected chi connectivity index (χ0v) is 8.40. The van der Waals surface area contributed by atoms with Crippen molar-refractivity contribution >= 4 is 10.9 Å². The molecular formula is C12H13NO2. The molecule has 1 unspecified atom stereocenters. The van der Waals surface area contributed by atoms with Gasteiger partial charge in [0, 0.05) is 23.5 Å². The van der Waals surface area contributed by atoms with E-state index in [1.54, 1.807) is 0 Å². The first-order valence-electron chi connectivity index (χ1n) is 5.24. The molecular weight excluding hydrogens is 190 g/mol. The molecule has 78 valence electrons. The molecule has 3 nitrogen and oxygen atoms in total. The Morgan fingerprint density at radius 2 is 2.33 bits per heavy atom. The third kappa shape index (κ3) is 1.83. The van der Waals surface area contributed by atoms with Crippen LogP contribution in [0.15, 0.2) is 30.5 Å². The van der Waals surface area contributed by atoms with Crippen LogP contribution >= 0.6 is 0 Å². The molecule has 3 heteroatoms. The summed E-state index contributed by atoms with van der Waals surface area (Å²) in [5.74, 6) is 0.953. The van der Waals surface area contributed by atoms with Crippen molar-refractivity contribution in [2.24, 2.45) is 0 Å². The van der Waals surface area contributed by atoms with Crippen LogP contribution in [0.1, 0.15) is 6.42 Å². The highest BCUT2D eigenvalue weighted by molar-refractivity contribution is 5.85. The molecule has 0 bridgehead atoms. The topological polar surface area (TPSA) is 37.5 Å². The van der Waals surface area contributed by atoms with Crippen molar-refractivity contribution in [2.45, 2.75) is 12.5 Å². The molecule has 0 amide bonds. The van der Waals surface area contributed by atoms with Gasteiger partial charge in [-0.25, -0.2) is 0 Å². The minimum Gasteiger partial charge on any atom is -0.493 e. The number of aromatic nitrogens is 1. The summed E-state index contributed by atoms with van der Waals surface area (Å²) in [5, 5.41) is 1.15. The van der Waals surface area contributed by atoms with Crippen LogP contribution in [0.4, 0.5) is 0 Å². The molecule has 2 aromatic rings. The largest absolute Gasteiger partial charge is 0.493 e. The number of nitrogens with one attached hydrogen (secondary N) is 1. The van der Waals surface area contributed by atoms with E-state index in [9.17, 15) is 0 Å². The van der Waals surface area contributed by atoms with Crippen molar-refractivity contribution in [2.75, 3.05) is 13.2 Å². The Morgan fingerprint density at radius 1 is 1.40 bits per heavy atom. The normalized spacial score (nSPS) is 19.3. The van der Waals surface area contributed by atoms with E-state index in [1.807, 2.05) is 30.5 Å². The highest BCUT2D eigenvalue weighted by Crippen LogP contribution is 2.25. The van der Waals surface area contributed by atoms with Crippen molar-refractivity contribution < 1.29 is 9.47 Å². The number of aromatic amines is 1. The van der Waals surface area contributed by atoms with E-state index in [1.165, 1.54) is 0 Å². The second-order valence-electron chi connectivity index (χ2n) is 3.79. The van der Waals surface area contributed by atoms with Gasteiger partial charge in [-0.2, -0.15) is 0 Å². The molecule has 1 N–H and O–H groups in total. The maximum absolute atomic E-state index is 5.73. The molecule has 0 aliphatic carbocycles. The molecule has 1 aliphatic heterocycles. The van der Waals surface area contributed by atoms with Crippen LogP contribution in [-0.4, -0.2) is 24.3 Å². The van der Waals surface area contributed by atoms with Crippen molar-refractivity contribution in [1.82, 2.24) is 4.98 Å². The van der Waals surface area contributed by atoms with Crippen LogP contribution in [0.2, 0.25) is 0 Å². The number of fused-ring (bicyclic) bond motifs is 1. The van der Waals surface area contributed by atoms with Gasteiger partial charge >= 0.3 is 0 Å². The lowest BCUT2D eigenvalue weighted by atomic mass is 10.2. The Hall–Kier alpha value is -1.48.